The van der Waals surface area contributed by atoms with E-state index in [4.69, 9.17) is 9.47 Å². The third kappa shape index (κ3) is 6.62. The van der Waals surface area contributed by atoms with Crippen LogP contribution in [0.3, 0.4) is 0 Å². The number of nitrogens with one attached hydrogen (secondary N) is 2. The van der Waals surface area contributed by atoms with Gasteiger partial charge in [-0.2, -0.15) is 18.2 Å². The van der Waals surface area contributed by atoms with E-state index in [1.807, 2.05) is 7.05 Å². The van der Waals surface area contributed by atoms with Gasteiger partial charge >= 0.3 is 6.18 Å². The number of carbonyl (C=O) groups excluding carboxylic acids is 2. The Balaban J connectivity index is 1.43. The molecule has 5 rings (SSSR count). The summed E-state index contributed by atoms with van der Waals surface area (Å²) in [6.07, 6.45) is -3.02. The van der Waals surface area contributed by atoms with Gasteiger partial charge in [0.25, 0.3) is 11.8 Å². The van der Waals surface area contributed by atoms with Gasteiger partial charge in [0.1, 0.15) is 29.6 Å². The summed E-state index contributed by atoms with van der Waals surface area (Å²) in [5.74, 6) is -3.66. The highest BCUT2D eigenvalue weighted by atomic mass is 19.4. The van der Waals surface area contributed by atoms with Crippen molar-refractivity contribution in [2.75, 3.05) is 45.8 Å². The second-order valence-electron chi connectivity index (χ2n) is 10.8. The first-order valence-electron chi connectivity index (χ1n) is 14.2. The molecule has 0 saturated carbocycles. The second kappa shape index (κ2) is 12.8. The topological polar surface area (TPSA) is 109 Å². The standard InChI is InChI=1S/C30H31F5N6O4/c1-16-18-5-4-6-23(25(18)28(43)41(16)12-9-31)45-27-20(30(33,34)35)15-36-29(39-27)38-22-14-21(32)19(13-24(22)44-3)26(42)37-17-7-10-40(2)11-8-17/h4-6,13-17H,7-12H2,1-3H3,(H,37,42)(H,36,38,39)/t16-/m0/s1. The highest BCUT2D eigenvalue weighted by Crippen LogP contribution is 2.42. The van der Waals surface area contributed by atoms with Crippen LogP contribution in [0.5, 0.6) is 17.4 Å². The number of fused-ring (bicyclic) bond motifs is 1. The van der Waals surface area contributed by atoms with Crippen LogP contribution >= 0.6 is 0 Å². The SMILES string of the molecule is COc1cc(C(=O)NC2CCN(C)CC2)c(F)cc1Nc1ncc(C(F)(F)F)c(Oc2cccc3c2C(=O)N(CCF)[C@H]3C)n1. The average Bonchev–Trinajstić information content (AvgIpc) is 3.23. The lowest BCUT2D eigenvalue weighted by atomic mass is 10.0. The number of halogens is 5. The van der Waals surface area contributed by atoms with Crippen molar-refractivity contribution in [1.82, 2.24) is 25.1 Å². The minimum absolute atomic E-state index is 0.00227. The van der Waals surface area contributed by atoms with E-state index in [1.54, 1.807) is 13.0 Å². The molecule has 0 radical (unpaired) electrons. The zero-order valence-electron chi connectivity index (χ0n) is 24.7. The smallest absolute Gasteiger partial charge is 0.423 e. The summed E-state index contributed by atoms with van der Waals surface area (Å²) in [4.78, 5) is 36.9. The molecule has 0 bridgehead atoms. The number of hydrogen-bond acceptors (Lipinski definition) is 8. The van der Waals surface area contributed by atoms with Crippen molar-refractivity contribution in [3.8, 4) is 17.4 Å². The number of anilines is 2. The molecule has 2 amide bonds. The molecule has 240 valence electrons. The van der Waals surface area contributed by atoms with Crippen molar-refractivity contribution in [3.05, 3.63) is 64.6 Å². The first-order valence-corrected chi connectivity index (χ1v) is 14.2. The Labute approximate surface area is 255 Å². The van der Waals surface area contributed by atoms with Gasteiger partial charge < -0.3 is 29.9 Å². The molecule has 45 heavy (non-hydrogen) atoms. The lowest BCUT2D eigenvalue weighted by Gasteiger charge is -2.29. The maximum Gasteiger partial charge on any atom is 0.423 e. The van der Waals surface area contributed by atoms with E-state index in [1.165, 1.54) is 30.2 Å². The number of benzene rings is 2. The van der Waals surface area contributed by atoms with Crippen molar-refractivity contribution >= 4 is 23.5 Å². The number of piperidine rings is 1. The van der Waals surface area contributed by atoms with Gasteiger partial charge in [0.2, 0.25) is 11.8 Å². The molecule has 1 aromatic heterocycles. The van der Waals surface area contributed by atoms with Gasteiger partial charge in [0, 0.05) is 24.8 Å². The lowest BCUT2D eigenvalue weighted by molar-refractivity contribution is -0.139. The van der Waals surface area contributed by atoms with Crippen LogP contribution in [0.2, 0.25) is 0 Å². The van der Waals surface area contributed by atoms with E-state index in [2.05, 4.69) is 25.5 Å². The molecule has 1 fully saturated rings. The Morgan fingerprint density at radius 1 is 1.16 bits per heavy atom. The van der Waals surface area contributed by atoms with Crippen LogP contribution in [0.1, 0.15) is 57.7 Å². The highest BCUT2D eigenvalue weighted by Gasteiger charge is 2.39. The monoisotopic (exact) mass is 634 g/mol. The van der Waals surface area contributed by atoms with Crippen molar-refractivity contribution in [1.29, 1.82) is 0 Å². The van der Waals surface area contributed by atoms with Crippen LogP contribution in [-0.2, 0) is 6.18 Å². The highest BCUT2D eigenvalue weighted by molar-refractivity contribution is 6.02. The Morgan fingerprint density at radius 2 is 1.89 bits per heavy atom. The number of amides is 2. The third-order valence-corrected chi connectivity index (χ3v) is 7.88. The van der Waals surface area contributed by atoms with Crippen LogP contribution in [-0.4, -0.2) is 78.1 Å². The number of methoxy groups -OCH3 is 1. The van der Waals surface area contributed by atoms with Gasteiger partial charge in [-0.25, -0.2) is 13.8 Å². The Bertz CT molecular complexity index is 1600. The van der Waals surface area contributed by atoms with E-state index in [0.29, 0.717) is 24.6 Å². The van der Waals surface area contributed by atoms with Gasteiger partial charge in [-0.05, 0) is 57.6 Å². The van der Waals surface area contributed by atoms with E-state index in [-0.39, 0.29) is 40.9 Å². The first-order chi connectivity index (χ1) is 21.4. The molecule has 15 heteroatoms. The summed E-state index contributed by atoms with van der Waals surface area (Å²) < 4.78 is 81.0. The Hall–Kier alpha value is -4.53. The van der Waals surface area contributed by atoms with E-state index >= 15 is 4.39 Å². The fourth-order valence-corrected chi connectivity index (χ4v) is 5.42. The minimum Gasteiger partial charge on any atom is -0.495 e. The molecule has 2 N–H and O–H groups in total. The number of alkyl halides is 4. The molecule has 0 unspecified atom stereocenters. The largest absolute Gasteiger partial charge is 0.495 e. The van der Waals surface area contributed by atoms with Crippen molar-refractivity contribution in [2.45, 2.75) is 38.0 Å². The summed E-state index contributed by atoms with van der Waals surface area (Å²) in [5.41, 5.74) is -1.20. The van der Waals surface area contributed by atoms with Gasteiger partial charge in [0.05, 0.1) is 30.0 Å². The molecule has 0 spiro atoms. The minimum atomic E-state index is -4.93. The molecule has 1 atom stereocenters. The summed E-state index contributed by atoms with van der Waals surface area (Å²) >= 11 is 0. The summed E-state index contributed by atoms with van der Waals surface area (Å²) in [5, 5.41) is 5.45. The van der Waals surface area contributed by atoms with Crippen LogP contribution in [0.25, 0.3) is 0 Å². The number of rotatable bonds is 9. The predicted octanol–water partition coefficient (Wildman–Crippen LogP) is 5.49. The van der Waals surface area contributed by atoms with E-state index in [0.717, 1.165) is 19.2 Å². The molecule has 3 heterocycles. The molecule has 1 saturated heterocycles. The fourth-order valence-electron chi connectivity index (χ4n) is 5.42. The molecule has 0 aliphatic carbocycles. The maximum absolute atomic E-state index is 15.2. The summed E-state index contributed by atoms with van der Waals surface area (Å²) in [6.45, 7) is 2.26. The predicted molar refractivity (Wildman–Crippen MR) is 153 cm³/mol. The van der Waals surface area contributed by atoms with Crippen LogP contribution in [0.4, 0.5) is 33.6 Å². The van der Waals surface area contributed by atoms with Crippen molar-refractivity contribution in [2.24, 2.45) is 0 Å². The number of ether oxygens (including phenoxy) is 2. The normalized spacial score (nSPS) is 17.3. The third-order valence-electron chi connectivity index (χ3n) is 7.88. The number of nitrogens with zero attached hydrogens (tertiary/aromatic N) is 4. The quantitative estimate of drug-likeness (QED) is 0.298. The number of carbonyl (C=O) groups is 2. The summed E-state index contributed by atoms with van der Waals surface area (Å²) in [7, 11) is 3.25. The van der Waals surface area contributed by atoms with Gasteiger partial charge in [-0.1, -0.05) is 12.1 Å². The van der Waals surface area contributed by atoms with Gasteiger partial charge in [-0.15, -0.1) is 0 Å². The molecule has 2 aromatic carbocycles. The number of aromatic nitrogens is 2. The fraction of sp³-hybridized carbons (Fsp3) is 0.400. The number of hydrogen-bond donors (Lipinski definition) is 2. The van der Waals surface area contributed by atoms with Crippen LogP contribution in [0, 0.1) is 5.82 Å². The Morgan fingerprint density at radius 3 is 2.56 bits per heavy atom. The van der Waals surface area contributed by atoms with E-state index < -0.39 is 53.9 Å². The molecular formula is C30H31F5N6O4. The zero-order chi connectivity index (χ0) is 32.5. The second-order valence-corrected chi connectivity index (χ2v) is 10.8. The summed E-state index contributed by atoms with van der Waals surface area (Å²) in [6, 6.07) is 5.91. The maximum atomic E-state index is 15.2. The van der Waals surface area contributed by atoms with Gasteiger partial charge in [0.15, 0.2) is 0 Å². The van der Waals surface area contributed by atoms with Crippen LogP contribution < -0.4 is 20.1 Å². The van der Waals surface area contributed by atoms with E-state index in [9.17, 15) is 27.2 Å². The molecule has 10 nitrogen and oxygen atoms in total. The zero-order valence-corrected chi connectivity index (χ0v) is 24.7. The molecular weight excluding hydrogens is 603 g/mol. The molecule has 3 aromatic rings. The van der Waals surface area contributed by atoms with Gasteiger partial charge in [-0.3, -0.25) is 9.59 Å². The number of likely N-dealkylation sites (tertiary alicyclic amines) is 1. The van der Waals surface area contributed by atoms with Crippen molar-refractivity contribution < 1.29 is 41.0 Å². The average molecular weight is 635 g/mol. The molecule has 2 aliphatic heterocycles. The first kappa shape index (κ1) is 31.9. The Kier molecular flexibility index (Phi) is 9.09. The lowest BCUT2D eigenvalue weighted by Crippen LogP contribution is -2.43. The van der Waals surface area contributed by atoms with Crippen LogP contribution in [0.15, 0.2) is 36.5 Å². The molecule has 2 aliphatic rings. The van der Waals surface area contributed by atoms with Crippen molar-refractivity contribution in [3.63, 3.8) is 0 Å².